The molecule has 8 nitrogen and oxygen atoms in total. The zero-order valence-electron chi connectivity index (χ0n) is 16.9. The van der Waals surface area contributed by atoms with Gasteiger partial charge < -0.3 is 14.8 Å². The number of hydrogen-bond acceptors (Lipinski definition) is 6. The highest BCUT2D eigenvalue weighted by Crippen LogP contribution is 2.14. The molecule has 3 rings (SSSR count). The van der Waals surface area contributed by atoms with Gasteiger partial charge in [-0.1, -0.05) is 37.3 Å². The number of carbonyl (C=O) groups excluding carboxylic acids is 2. The van der Waals surface area contributed by atoms with Gasteiger partial charge in [-0.15, -0.1) is 0 Å². The van der Waals surface area contributed by atoms with Crippen molar-refractivity contribution in [3.8, 4) is 5.75 Å². The van der Waals surface area contributed by atoms with Gasteiger partial charge in [0.15, 0.2) is 12.3 Å². The van der Waals surface area contributed by atoms with Crippen LogP contribution in [-0.2, 0) is 22.6 Å². The van der Waals surface area contributed by atoms with Crippen LogP contribution >= 0.6 is 0 Å². The van der Waals surface area contributed by atoms with Gasteiger partial charge in [0, 0.05) is 18.5 Å². The fourth-order valence-electron chi connectivity index (χ4n) is 2.94. The van der Waals surface area contributed by atoms with Crippen molar-refractivity contribution in [3.05, 3.63) is 70.1 Å². The molecule has 1 amide bonds. The molecule has 0 bridgehead atoms. The van der Waals surface area contributed by atoms with Crippen molar-refractivity contribution in [2.24, 2.45) is 0 Å². The predicted octanol–water partition coefficient (Wildman–Crippen LogP) is 2.29. The number of nitrogens with zero attached hydrogens (tertiary/aromatic N) is 2. The first kappa shape index (κ1) is 21.0. The molecule has 156 valence electrons. The van der Waals surface area contributed by atoms with Crippen molar-refractivity contribution < 1.29 is 19.1 Å². The van der Waals surface area contributed by atoms with Crippen LogP contribution in [0.4, 0.5) is 0 Å². The van der Waals surface area contributed by atoms with E-state index in [2.05, 4.69) is 10.4 Å². The van der Waals surface area contributed by atoms with Crippen LogP contribution in [0.5, 0.6) is 5.75 Å². The molecule has 0 atom stereocenters. The third-order valence-electron chi connectivity index (χ3n) is 4.48. The molecule has 0 spiro atoms. The number of aromatic nitrogens is 2. The summed E-state index contributed by atoms with van der Waals surface area (Å²) in [6.45, 7) is 2.14. The maximum Gasteiger partial charge on any atom is 0.359 e. The lowest BCUT2D eigenvalue weighted by atomic mass is 10.1. The van der Waals surface area contributed by atoms with E-state index in [1.165, 1.54) is 4.68 Å². The Bertz CT molecular complexity index is 1110. The van der Waals surface area contributed by atoms with Crippen molar-refractivity contribution in [3.63, 3.8) is 0 Å². The van der Waals surface area contributed by atoms with Crippen LogP contribution in [0.15, 0.2) is 53.3 Å². The Morgan fingerprint density at radius 3 is 2.43 bits per heavy atom. The van der Waals surface area contributed by atoms with E-state index in [4.69, 9.17) is 9.47 Å². The smallest absolute Gasteiger partial charge is 0.359 e. The second kappa shape index (κ2) is 9.69. The summed E-state index contributed by atoms with van der Waals surface area (Å²) in [5, 5.41) is 7.64. The van der Waals surface area contributed by atoms with Crippen LogP contribution in [-0.4, -0.2) is 35.4 Å². The molecule has 0 fully saturated rings. The Hall–Kier alpha value is -3.68. The number of fused-ring (bicyclic) bond motifs is 1. The molecule has 2 aromatic carbocycles. The molecule has 8 heteroatoms. The minimum atomic E-state index is -0.754. The average molecular weight is 409 g/mol. The Morgan fingerprint density at radius 1 is 1.07 bits per heavy atom. The number of hydrogen-bond donors (Lipinski definition) is 1. The monoisotopic (exact) mass is 409 g/mol. The van der Waals surface area contributed by atoms with Crippen molar-refractivity contribution in [1.29, 1.82) is 0 Å². The summed E-state index contributed by atoms with van der Waals surface area (Å²) in [5.41, 5.74) is 0.637. The van der Waals surface area contributed by atoms with Crippen molar-refractivity contribution in [2.45, 2.75) is 26.4 Å². The minimum Gasteiger partial charge on any atom is -0.497 e. The topological polar surface area (TPSA) is 99.5 Å². The van der Waals surface area contributed by atoms with Crippen LogP contribution < -0.4 is 15.6 Å². The molecule has 0 radical (unpaired) electrons. The van der Waals surface area contributed by atoms with Crippen LogP contribution in [0.2, 0.25) is 0 Å². The second-order valence-electron chi connectivity index (χ2n) is 6.62. The van der Waals surface area contributed by atoms with E-state index in [9.17, 15) is 14.4 Å². The molecule has 30 heavy (non-hydrogen) atoms. The van der Waals surface area contributed by atoms with Gasteiger partial charge in [0.2, 0.25) is 0 Å². The summed E-state index contributed by atoms with van der Waals surface area (Å²) in [6, 6.07) is 14.0. The number of benzene rings is 2. The number of aryl methyl sites for hydroxylation is 1. The molecule has 1 heterocycles. The Balaban J connectivity index is 1.66. The highest BCUT2D eigenvalue weighted by molar-refractivity contribution is 6.02. The summed E-state index contributed by atoms with van der Waals surface area (Å²) in [7, 11) is 1.58. The Kier molecular flexibility index (Phi) is 6.79. The van der Waals surface area contributed by atoms with Crippen LogP contribution in [0.1, 0.15) is 29.4 Å². The largest absolute Gasteiger partial charge is 0.497 e. The van der Waals surface area contributed by atoms with Crippen molar-refractivity contribution >= 4 is 22.6 Å². The molecule has 0 saturated carbocycles. The number of methoxy groups -OCH3 is 1. The van der Waals surface area contributed by atoms with Gasteiger partial charge in [0.05, 0.1) is 12.5 Å². The van der Waals surface area contributed by atoms with Crippen molar-refractivity contribution in [2.75, 3.05) is 13.7 Å². The van der Waals surface area contributed by atoms with E-state index < -0.39 is 18.5 Å². The summed E-state index contributed by atoms with van der Waals surface area (Å²) in [5.74, 6) is -0.468. The maximum atomic E-state index is 12.6. The number of nitrogens with one attached hydrogen (secondary N) is 1. The molecule has 0 unspecified atom stereocenters. The van der Waals surface area contributed by atoms with Gasteiger partial charge in [0.25, 0.3) is 11.5 Å². The third-order valence-corrected chi connectivity index (χ3v) is 4.48. The first-order valence-electron chi connectivity index (χ1n) is 9.60. The lowest BCUT2D eigenvalue weighted by molar-refractivity contribution is -0.124. The molecule has 3 aromatic rings. The SMILES string of the molecule is CCCn1nc(C(=O)OCC(=O)NCc2ccc(OC)cc2)c2ccccc2c1=O. The van der Waals surface area contributed by atoms with Gasteiger partial charge in [-0.05, 0) is 30.2 Å². The molecule has 0 aliphatic heterocycles. The zero-order chi connectivity index (χ0) is 21.5. The highest BCUT2D eigenvalue weighted by atomic mass is 16.5. The van der Waals surface area contributed by atoms with Gasteiger partial charge >= 0.3 is 5.97 Å². The van der Waals surface area contributed by atoms with E-state index in [0.29, 0.717) is 30.3 Å². The van der Waals surface area contributed by atoms with Gasteiger partial charge in [0.1, 0.15) is 5.75 Å². The molecular formula is C22H23N3O5. The molecular weight excluding hydrogens is 386 g/mol. The van der Waals surface area contributed by atoms with E-state index >= 15 is 0 Å². The molecule has 0 aliphatic rings. The molecule has 0 aliphatic carbocycles. The van der Waals surface area contributed by atoms with Gasteiger partial charge in [-0.2, -0.15) is 5.10 Å². The maximum absolute atomic E-state index is 12.6. The van der Waals surface area contributed by atoms with E-state index in [1.54, 1.807) is 43.5 Å². The lowest BCUT2D eigenvalue weighted by Gasteiger charge is -2.10. The fraction of sp³-hybridized carbons (Fsp3) is 0.273. The number of carbonyl (C=O) groups is 2. The van der Waals surface area contributed by atoms with Gasteiger partial charge in [-0.3, -0.25) is 9.59 Å². The van der Waals surface area contributed by atoms with E-state index in [-0.39, 0.29) is 11.3 Å². The normalized spacial score (nSPS) is 10.6. The second-order valence-corrected chi connectivity index (χ2v) is 6.62. The summed E-state index contributed by atoms with van der Waals surface area (Å²) < 4.78 is 11.5. The lowest BCUT2D eigenvalue weighted by Crippen LogP contribution is -2.30. The molecule has 1 N–H and O–H groups in total. The van der Waals surface area contributed by atoms with Gasteiger partial charge in [-0.25, -0.2) is 9.48 Å². The highest BCUT2D eigenvalue weighted by Gasteiger charge is 2.18. The number of amides is 1. The minimum absolute atomic E-state index is 0.0154. The molecule has 1 aromatic heterocycles. The first-order valence-corrected chi connectivity index (χ1v) is 9.60. The van der Waals surface area contributed by atoms with E-state index in [1.807, 2.05) is 19.1 Å². The Morgan fingerprint density at radius 2 is 1.77 bits per heavy atom. The number of esters is 1. The predicted molar refractivity (Wildman–Crippen MR) is 111 cm³/mol. The third kappa shape index (κ3) is 4.83. The zero-order valence-corrected chi connectivity index (χ0v) is 16.9. The summed E-state index contributed by atoms with van der Waals surface area (Å²) >= 11 is 0. The number of ether oxygens (including phenoxy) is 2. The Labute approximate surface area is 173 Å². The average Bonchev–Trinajstić information content (AvgIpc) is 2.78. The fourth-order valence-corrected chi connectivity index (χ4v) is 2.94. The van der Waals surface area contributed by atoms with Crippen LogP contribution in [0.25, 0.3) is 10.8 Å². The summed E-state index contributed by atoms with van der Waals surface area (Å²) in [6.07, 6.45) is 0.688. The van der Waals surface area contributed by atoms with Crippen LogP contribution in [0.3, 0.4) is 0 Å². The first-order chi connectivity index (χ1) is 14.5. The van der Waals surface area contributed by atoms with Crippen molar-refractivity contribution in [1.82, 2.24) is 15.1 Å². The van der Waals surface area contributed by atoms with E-state index in [0.717, 1.165) is 11.3 Å². The standard InChI is InChI=1S/C22H23N3O5/c1-3-12-25-21(27)18-7-5-4-6-17(18)20(24-25)22(28)30-14-19(26)23-13-15-8-10-16(29-2)11-9-15/h4-11H,3,12-14H2,1-2H3,(H,23,26). The summed E-state index contributed by atoms with van der Waals surface area (Å²) in [4.78, 5) is 37.2. The number of rotatable bonds is 8. The van der Waals surface area contributed by atoms with Crippen LogP contribution in [0, 0.1) is 0 Å². The quantitative estimate of drug-likeness (QED) is 0.573. The molecule has 0 saturated heterocycles.